The molecule has 0 nitrogen and oxygen atoms in total. The molecule has 0 N–H and O–H groups in total. The number of benzene rings is 2. The first-order valence-corrected chi connectivity index (χ1v) is 33.5. The Hall–Kier alpha value is -0.993. The van der Waals surface area contributed by atoms with E-state index in [4.69, 9.17) is 0 Å². The Morgan fingerprint density at radius 3 is 1.31 bits per heavy atom. The molecule has 0 saturated heterocycles. The third kappa shape index (κ3) is 3.15. The first-order chi connectivity index (χ1) is 15.3. The van der Waals surface area contributed by atoms with Gasteiger partial charge < -0.3 is 0 Å². The monoisotopic (exact) mass is 611 g/mol. The van der Waals surface area contributed by atoms with Gasteiger partial charge in [0.25, 0.3) is 0 Å². The van der Waals surface area contributed by atoms with Crippen molar-refractivity contribution in [2.24, 2.45) is 0 Å². The maximum atomic E-state index is 2.92. The van der Waals surface area contributed by atoms with Gasteiger partial charge in [0.15, 0.2) is 0 Å². The van der Waals surface area contributed by atoms with Gasteiger partial charge in [0.1, 0.15) is 0 Å². The van der Waals surface area contributed by atoms with E-state index in [1.54, 1.807) is 33.4 Å². The molecule has 0 amide bonds. The zero-order valence-corrected chi connectivity index (χ0v) is 26.4. The average molecular weight is 610 g/mol. The van der Waals surface area contributed by atoms with Gasteiger partial charge in [0.2, 0.25) is 0 Å². The average Bonchev–Trinajstić information content (AvgIpc) is 3.31. The van der Waals surface area contributed by atoms with E-state index in [0.29, 0.717) is 7.35 Å². The molecule has 2 aromatic carbocycles. The Morgan fingerprint density at radius 2 is 1.00 bits per heavy atom. The van der Waals surface area contributed by atoms with Crippen molar-refractivity contribution < 1.29 is 17.7 Å². The van der Waals surface area contributed by atoms with Gasteiger partial charge in [-0.2, -0.15) is 0 Å². The summed E-state index contributed by atoms with van der Waals surface area (Å²) in [7, 11) is 0. The summed E-state index contributed by atoms with van der Waals surface area (Å²) in [4.78, 5) is 0. The second-order valence-corrected chi connectivity index (χ2v) is 64.8. The summed E-state index contributed by atoms with van der Waals surface area (Å²) in [6.45, 7) is 15.1. The molecule has 2 heteroatoms. The summed E-state index contributed by atoms with van der Waals surface area (Å²) in [5, 5.41) is 0. The van der Waals surface area contributed by atoms with Crippen LogP contribution >= 0.6 is 0 Å². The van der Waals surface area contributed by atoms with Crippen LogP contribution in [0.25, 0.3) is 11.1 Å². The van der Waals surface area contributed by atoms with Crippen LogP contribution in [0.2, 0.25) is 22.5 Å². The number of rotatable bonds is 7. The number of hydrogen-bond donors (Lipinski definition) is 0. The van der Waals surface area contributed by atoms with Gasteiger partial charge in [-0.3, -0.25) is 0 Å². The van der Waals surface area contributed by atoms with Crippen LogP contribution in [0.5, 0.6) is 0 Å². The molecule has 0 fully saturated rings. The van der Waals surface area contributed by atoms with Gasteiger partial charge in [0, 0.05) is 0 Å². The molecular weight excluding hydrogens is 567 g/mol. The predicted octanol–water partition coefficient (Wildman–Crippen LogP) is 9.41. The van der Waals surface area contributed by atoms with Crippen molar-refractivity contribution in [2.75, 3.05) is 0 Å². The first kappa shape index (κ1) is 24.1. The van der Waals surface area contributed by atoms with E-state index in [1.807, 2.05) is 11.1 Å². The van der Waals surface area contributed by atoms with Crippen molar-refractivity contribution in [2.45, 2.75) is 83.2 Å². The molecular formula is C30H43HfSi. The molecule has 0 aliphatic heterocycles. The van der Waals surface area contributed by atoms with E-state index in [1.165, 1.54) is 25.7 Å². The van der Waals surface area contributed by atoms with Crippen molar-refractivity contribution in [1.82, 2.24) is 0 Å². The van der Waals surface area contributed by atoms with Crippen LogP contribution in [0.4, 0.5) is 0 Å². The summed E-state index contributed by atoms with van der Waals surface area (Å²) in [5.74, 6) is -0.970. The van der Waals surface area contributed by atoms with Gasteiger partial charge in [0.05, 0.1) is 0 Å². The van der Waals surface area contributed by atoms with Crippen molar-refractivity contribution in [3.05, 3.63) is 81.9 Å². The summed E-state index contributed by atoms with van der Waals surface area (Å²) in [6.07, 6.45) is 4.75. The molecule has 0 heterocycles. The molecule has 0 saturated carbocycles. The molecule has 0 spiro atoms. The minimum absolute atomic E-state index is 0.714. The normalized spacial score (nSPS) is 21.7. The van der Waals surface area contributed by atoms with Crippen molar-refractivity contribution in [3.63, 3.8) is 0 Å². The SMILES string of the molecule is CCC1=C(CC)[CH]([Hf]([CH3])([CH3])([CH]2C(CC)=C(CC)c3ccccc32)[SiH](C)C)c2ccccc21. The third-order valence-electron chi connectivity index (χ3n) is 9.78. The summed E-state index contributed by atoms with van der Waals surface area (Å²) in [6, 6.07) is 19.0. The second kappa shape index (κ2) is 8.66. The first-order valence-electron chi connectivity index (χ1n) is 13.1. The zero-order chi connectivity index (χ0) is 23.3. The van der Waals surface area contributed by atoms with Crippen LogP contribution < -0.4 is 0 Å². The quantitative estimate of drug-likeness (QED) is 0.274. The Bertz CT molecular complexity index is 1020. The molecule has 171 valence electrons. The van der Waals surface area contributed by atoms with E-state index in [0.717, 1.165) is 0 Å². The fourth-order valence-corrected chi connectivity index (χ4v) is 50.3. The van der Waals surface area contributed by atoms with E-state index >= 15 is 0 Å². The van der Waals surface area contributed by atoms with Crippen LogP contribution in [0.1, 0.15) is 83.0 Å². The summed E-state index contributed by atoms with van der Waals surface area (Å²) >= 11 is -3.61. The van der Waals surface area contributed by atoms with E-state index in [2.05, 4.69) is 98.7 Å². The zero-order valence-electron chi connectivity index (χ0n) is 21.7. The maximum absolute atomic E-state index is 3.61. The Labute approximate surface area is 198 Å². The van der Waals surface area contributed by atoms with Crippen LogP contribution in [0, 0.1) is 0 Å². The van der Waals surface area contributed by atoms with Crippen LogP contribution in [0.3, 0.4) is 0 Å². The molecule has 2 atom stereocenters. The molecule has 2 aromatic rings. The summed E-state index contributed by atoms with van der Waals surface area (Å²) in [5.41, 5.74) is 13.5. The third-order valence-corrected chi connectivity index (χ3v) is 76.0. The molecule has 2 aliphatic carbocycles. The van der Waals surface area contributed by atoms with Gasteiger partial charge >= 0.3 is 200 Å². The molecule has 0 bridgehead atoms. The van der Waals surface area contributed by atoms with Gasteiger partial charge in [-0.15, -0.1) is 0 Å². The topological polar surface area (TPSA) is 0 Å². The van der Waals surface area contributed by atoms with E-state index in [9.17, 15) is 0 Å². The van der Waals surface area contributed by atoms with Crippen molar-refractivity contribution >= 4 is 17.1 Å². The van der Waals surface area contributed by atoms with Crippen molar-refractivity contribution in [3.8, 4) is 0 Å². The Kier molecular flexibility index (Phi) is 6.53. The molecule has 32 heavy (non-hydrogen) atoms. The van der Waals surface area contributed by atoms with Gasteiger partial charge in [-0.05, 0) is 0 Å². The predicted molar refractivity (Wildman–Crippen MR) is 144 cm³/mol. The van der Waals surface area contributed by atoms with Crippen LogP contribution in [0.15, 0.2) is 59.7 Å². The Morgan fingerprint density at radius 1 is 0.625 bits per heavy atom. The Balaban J connectivity index is 2.09. The van der Waals surface area contributed by atoms with Crippen LogP contribution in [-0.4, -0.2) is 5.98 Å². The van der Waals surface area contributed by atoms with E-state index in [-0.39, 0.29) is 0 Å². The van der Waals surface area contributed by atoms with Gasteiger partial charge in [-0.25, -0.2) is 0 Å². The molecule has 2 unspecified atom stereocenters. The second-order valence-electron chi connectivity index (χ2n) is 11.3. The number of fused-ring (bicyclic) bond motifs is 2. The van der Waals surface area contributed by atoms with Gasteiger partial charge in [-0.1, -0.05) is 0 Å². The molecule has 0 radical (unpaired) electrons. The molecule has 2 aliphatic rings. The number of allylic oxidation sites excluding steroid dienone is 4. The summed E-state index contributed by atoms with van der Waals surface area (Å²) < 4.78 is 7.26. The standard InChI is InChI=1S/2C13H15.C2H7Si.2CH3.Hf/c2*1-3-10-9-11-7-5-6-8-13(11)12(10)4-2;1-3-2;;;/h2*5-9H,3-4H2,1-2H3;3H,1-2H3;2*1H3;. The van der Waals surface area contributed by atoms with Crippen molar-refractivity contribution in [1.29, 1.82) is 0 Å². The van der Waals surface area contributed by atoms with Crippen LogP contribution in [-0.2, 0) is 17.7 Å². The fraction of sp³-hybridized carbons (Fsp3) is 0.467. The molecule has 0 aromatic heterocycles. The number of hydrogen-bond acceptors (Lipinski definition) is 0. The minimum atomic E-state index is -3.61. The fourth-order valence-electron chi connectivity index (χ4n) is 7.70. The van der Waals surface area contributed by atoms with E-state index < -0.39 is 23.7 Å². The molecule has 4 rings (SSSR count).